The number of alkyl halides is 3. The molecule has 2 aliphatic heterocycles. The molecule has 0 amide bonds. The van der Waals surface area contributed by atoms with Crippen molar-refractivity contribution >= 4 is 22.5 Å². The van der Waals surface area contributed by atoms with Gasteiger partial charge < -0.3 is 14.8 Å². The van der Waals surface area contributed by atoms with Crippen LogP contribution in [0.15, 0.2) is 30.5 Å². The monoisotopic (exact) mass is 530 g/mol. The maximum atomic E-state index is 15.2. The summed E-state index contributed by atoms with van der Waals surface area (Å²) < 4.78 is 77.2. The van der Waals surface area contributed by atoms with Crippen LogP contribution in [0.3, 0.4) is 0 Å². The second-order valence-electron chi connectivity index (χ2n) is 9.32. The number of ether oxygens (including phenoxy) is 2. The van der Waals surface area contributed by atoms with Crippen LogP contribution < -0.4 is 10.1 Å². The Hall–Kier alpha value is -3.96. The van der Waals surface area contributed by atoms with E-state index in [0.29, 0.717) is 35.1 Å². The SMILES string of the molecule is [2H]C([2H])([2H])Oc1nc(N[C@H]2CCN(C3([N+]#[C-])COC3)C[C@H]2F)nn2ccc(-c3ccc4nnn(CC(F)F)c4c3)c12. The highest BCUT2D eigenvalue weighted by Gasteiger charge is 2.53. The summed E-state index contributed by atoms with van der Waals surface area (Å²) in [6.45, 7) is 7.82. The molecule has 198 valence electrons. The summed E-state index contributed by atoms with van der Waals surface area (Å²) in [4.78, 5) is 9.73. The second kappa shape index (κ2) is 9.41. The van der Waals surface area contributed by atoms with Crippen LogP contribution in [-0.4, -0.2) is 92.1 Å². The predicted molar refractivity (Wildman–Crippen MR) is 131 cm³/mol. The van der Waals surface area contributed by atoms with Gasteiger partial charge in [0.25, 0.3) is 6.43 Å². The summed E-state index contributed by atoms with van der Waals surface area (Å²) in [6, 6.07) is 5.89. The minimum Gasteiger partial charge on any atom is -0.479 e. The number of likely N-dealkylation sites (tertiary alicyclic amines) is 1. The zero-order chi connectivity index (χ0) is 28.9. The first-order chi connectivity index (χ1) is 19.5. The molecule has 14 heteroatoms. The highest BCUT2D eigenvalue weighted by atomic mass is 19.3. The Kier molecular flexibility index (Phi) is 5.21. The zero-order valence-electron chi connectivity index (χ0n) is 22.9. The molecule has 2 fully saturated rings. The third-order valence-electron chi connectivity index (χ3n) is 7.03. The summed E-state index contributed by atoms with van der Waals surface area (Å²) in [5.41, 5.74) is 1.19. The summed E-state index contributed by atoms with van der Waals surface area (Å²) in [5, 5.41) is 15.1. The van der Waals surface area contributed by atoms with E-state index in [1.807, 2.05) is 0 Å². The molecule has 38 heavy (non-hydrogen) atoms. The minimum absolute atomic E-state index is 0.0252. The second-order valence-corrected chi connectivity index (χ2v) is 9.32. The van der Waals surface area contributed by atoms with E-state index < -0.39 is 37.9 Å². The molecule has 1 aromatic carbocycles. The van der Waals surface area contributed by atoms with E-state index in [-0.39, 0.29) is 37.1 Å². The number of nitrogens with zero attached hydrogens (tertiary/aromatic N) is 8. The van der Waals surface area contributed by atoms with Crippen LogP contribution >= 0.6 is 0 Å². The van der Waals surface area contributed by atoms with Gasteiger partial charge in [-0.05, 0) is 30.2 Å². The van der Waals surface area contributed by atoms with Gasteiger partial charge in [-0.2, -0.15) is 4.98 Å². The zero-order valence-corrected chi connectivity index (χ0v) is 19.9. The topological polar surface area (TPSA) is 99.0 Å². The molecule has 0 radical (unpaired) electrons. The maximum Gasteiger partial charge on any atom is 0.334 e. The van der Waals surface area contributed by atoms with Crippen molar-refractivity contribution in [1.29, 1.82) is 0 Å². The molecule has 0 aliphatic carbocycles. The van der Waals surface area contributed by atoms with Crippen molar-refractivity contribution in [2.24, 2.45) is 0 Å². The first-order valence-corrected chi connectivity index (χ1v) is 11.9. The normalized spacial score (nSPS) is 23.0. The summed E-state index contributed by atoms with van der Waals surface area (Å²) >= 11 is 0. The lowest BCUT2D eigenvalue weighted by Crippen LogP contribution is -2.64. The molecule has 0 spiro atoms. The van der Waals surface area contributed by atoms with Gasteiger partial charge in [-0.25, -0.2) is 33.8 Å². The Morgan fingerprint density at radius 2 is 2.24 bits per heavy atom. The maximum absolute atomic E-state index is 15.2. The number of piperidine rings is 1. The van der Waals surface area contributed by atoms with Crippen LogP contribution in [0.2, 0.25) is 0 Å². The molecule has 3 aromatic heterocycles. The number of fused-ring (bicyclic) bond motifs is 2. The van der Waals surface area contributed by atoms with E-state index in [1.54, 1.807) is 35.4 Å². The third-order valence-corrected chi connectivity index (χ3v) is 7.03. The molecule has 11 nitrogen and oxygen atoms in total. The fourth-order valence-electron chi connectivity index (χ4n) is 4.97. The van der Waals surface area contributed by atoms with Crippen molar-refractivity contribution in [3.63, 3.8) is 0 Å². The first-order valence-electron chi connectivity index (χ1n) is 13.4. The van der Waals surface area contributed by atoms with E-state index >= 15 is 4.39 Å². The van der Waals surface area contributed by atoms with Crippen molar-refractivity contribution in [3.8, 4) is 17.0 Å². The molecule has 5 heterocycles. The average molecular weight is 531 g/mol. The van der Waals surface area contributed by atoms with Crippen molar-refractivity contribution in [1.82, 2.24) is 34.5 Å². The van der Waals surface area contributed by atoms with Gasteiger partial charge in [0.2, 0.25) is 11.8 Å². The minimum atomic E-state index is -2.86. The van der Waals surface area contributed by atoms with Gasteiger partial charge >= 0.3 is 5.66 Å². The summed E-state index contributed by atoms with van der Waals surface area (Å²) in [6.07, 6.45) is -2.07. The molecule has 2 atom stereocenters. The smallest absolute Gasteiger partial charge is 0.334 e. The lowest BCUT2D eigenvalue weighted by atomic mass is 9.97. The molecule has 0 bridgehead atoms. The van der Waals surface area contributed by atoms with Crippen LogP contribution in [0.4, 0.5) is 19.1 Å². The molecule has 6 rings (SSSR count). The number of hydrogen-bond acceptors (Lipinski definition) is 8. The van der Waals surface area contributed by atoms with Crippen molar-refractivity contribution in [3.05, 3.63) is 41.9 Å². The quantitative estimate of drug-likeness (QED) is 0.365. The number of benzene rings is 1. The lowest BCUT2D eigenvalue weighted by molar-refractivity contribution is -0.127. The Bertz CT molecular complexity index is 1630. The van der Waals surface area contributed by atoms with Gasteiger partial charge in [-0.15, -0.1) is 10.2 Å². The summed E-state index contributed by atoms with van der Waals surface area (Å²) in [7, 11) is -2.86. The Morgan fingerprint density at radius 1 is 1.37 bits per heavy atom. The van der Waals surface area contributed by atoms with Crippen LogP contribution in [0, 0.1) is 6.57 Å². The Labute approximate surface area is 219 Å². The van der Waals surface area contributed by atoms with Crippen molar-refractivity contribution < 1.29 is 26.8 Å². The van der Waals surface area contributed by atoms with Crippen LogP contribution in [0.25, 0.3) is 32.5 Å². The third kappa shape index (κ3) is 4.07. The first kappa shape index (κ1) is 21.0. The standard InChI is InChI=1S/C24H24F3N9O2/c1-28-24(12-38-13-24)34-7-6-17(16(25)10-34)29-23-30-22(37-2)21-15(5-8-35(21)32-23)14-3-4-18-19(9-14)36(33-31-18)11-20(26)27/h3-5,8-9,16-17,20H,6-7,10-13H2,2H3,(H,29,32)/t16-,17+/m1/s1/i2D3. The Morgan fingerprint density at radius 3 is 2.95 bits per heavy atom. The molecule has 0 saturated carbocycles. The molecule has 2 saturated heterocycles. The van der Waals surface area contributed by atoms with Gasteiger partial charge in [0, 0.05) is 24.8 Å². The number of hydrogen-bond donors (Lipinski definition) is 1. The molecular formula is C24H24F3N9O2. The fourth-order valence-corrected chi connectivity index (χ4v) is 4.97. The van der Waals surface area contributed by atoms with Gasteiger partial charge in [-0.3, -0.25) is 4.85 Å². The van der Waals surface area contributed by atoms with Crippen LogP contribution in [0.1, 0.15) is 10.5 Å². The molecule has 4 aromatic rings. The highest BCUT2D eigenvalue weighted by molar-refractivity contribution is 5.89. The number of anilines is 1. The van der Waals surface area contributed by atoms with Crippen LogP contribution in [0.5, 0.6) is 5.88 Å². The number of halogens is 3. The molecule has 2 aliphatic rings. The number of nitrogens with one attached hydrogen (secondary N) is 1. The van der Waals surface area contributed by atoms with E-state index in [2.05, 4.69) is 30.6 Å². The van der Waals surface area contributed by atoms with Gasteiger partial charge in [-0.1, -0.05) is 11.3 Å². The fraction of sp³-hybridized carbons (Fsp3) is 0.458. The van der Waals surface area contributed by atoms with Gasteiger partial charge in [0.1, 0.15) is 37.0 Å². The van der Waals surface area contributed by atoms with Gasteiger partial charge in [0.05, 0.1) is 22.7 Å². The van der Waals surface area contributed by atoms with Gasteiger partial charge in [0.15, 0.2) is 0 Å². The number of rotatable bonds is 7. The van der Waals surface area contributed by atoms with Crippen LogP contribution in [-0.2, 0) is 11.3 Å². The summed E-state index contributed by atoms with van der Waals surface area (Å²) in [5.74, 6) is -0.310. The highest BCUT2D eigenvalue weighted by Crippen LogP contribution is 2.34. The lowest BCUT2D eigenvalue weighted by Gasteiger charge is -2.43. The van der Waals surface area contributed by atoms with E-state index in [0.717, 1.165) is 4.68 Å². The predicted octanol–water partition coefficient (Wildman–Crippen LogP) is 2.88. The van der Waals surface area contributed by atoms with Crippen molar-refractivity contribution in [2.45, 2.75) is 37.3 Å². The molecular weight excluding hydrogens is 503 g/mol. The van der Waals surface area contributed by atoms with E-state index in [9.17, 15) is 8.78 Å². The van der Waals surface area contributed by atoms with Crippen molar-refractivity contribution in [2.75, 3.05) is 38.7 Å². The Balaban J connectivity index is 1.32. The number of aromatic nitrogens is 6. The largest absolute Gasteiger partial charge is 0.479 e. The van der Waals surface area contributed by atoms with E-state index in [4.69, 9.17) is 20.2 Å². The molecule has 1 N–H and O–H groups in total. The average Bonchev–Trinajstić information content (AvgIpc) is 3.48. The number of methoxy groups -OCH3 is 1. The molecule has 0 unspecified atom stereocenters. The van der Waals surface area contributed by atoms with E-state index in [1.165, 1.54) is 4.52 Å².